The van der Waals surface area contributed by atoms with Gasteiger partial charge in [0.15, 0.2) is 0 Å². The molecule has 2 aliphatic rings. The van der Waals surface area contributed by atoms with Crippen LogP contribution >= 0.6 is 0 Å². The van der Waals surface area contributed by atoms with Crippen LogP contribution in [0, 0.1) is 5.92 Å². The molecule has 1 aromatic rings. The molecule has 0 amide bonds. The Morgan fingerprint density at radius 3 is 2.80 bits per heavy atom. The van der Waals surface area contributed by atoms with Crippen molar-refractivity contribution in [3.63, 3.8) is 0 Å². The first-order chi connectivity index (χ1) is 9.88. The summed E-state index contributed by atoms with van der Waals surface area (Å²) in [6, 6.07) is 9.16. The summed E-state index contributed by atoms with van der Waals surface area (Å²) in [5, 5.41) is 3.75. The van der Waals surface area contributed by atoms with Crippen LogP contribution in [-0.4, -0.2) is 38.9 Å². The summed E-state index contributed by atoms with van der Waals surface area (Å²) < 4.78 is 5.45. The van der Waals surface area contributed by atoms with Crippen LogP contribution in [0.25, 0.3) is 0 Å². The minimum Gasteiger partial charge on any atom is -0.380 e. The van der Waals surface area contributed by atoms with E-state index in [0.717, 1.165) is 32.8 Å². The number of hydrogen-bond acceptors (Lipinski definition) is 4. The Kier molecular flexibility index (Phi) is 4.43. The average Bonchev–Trinajstić information content (AvgIpc) is 2.96. The van der Waals surface area contributed by atoms with E-state index in [2.05, 4.69) is 34.5 Å². The molecule has 1 heterocycles. The molecule has 0 spiro atoms. The molecule has 3 N–H and O–H groups in total. The van der Waals surface area contributed by atoms with Crippen molar-refractivity contribution in [2.24, 2.45) is 11.7 Å². The average molecular weight is 275 g/mol. The Hall–Kier alpha value is -1.26. The fourth-order valence-corrected chi connectivity index (χ4v) is 3.38. The maximum absolute atomic E-state index is 5.89. The predicted octanol–water partition coefficient (Wildman–Crippen LogP) is 2.06. The first-order valence-electron chi connectivity index (χ1n) is 7.77. The molecule has 110 valence electrons. The van der Waals surface area contributed by atoms with E-state index in [1.807, 2.05) is 0 Å². The summed E-state index contributed by atoms with van der Waals surface area (Å²) >= 11 is 0. The van der Waals surface area contributed by atoms with Crippen molar-refractivity contribution in [3.8, 4) is 0 Å². The van der Waals surface area contributed by atoms with Crippen molar-refractivity contribution in [1.29, 1.82) is 0 Å². The fourth-order valence-electron chi connectivity index (χ4n) is 3.38. The van der Waals surface area contributed by atoms with Gasteiger partial charge in [-0.15, -0.1) is 0 Å². The number of anilines is 2. The molecular formula is C16H25N3O. The molecule has 1 saturated carbocycles. The summed E-state index contributed by atoms with van der Waals surface area (Å²) in [6.07, 6.45) is 3.78. The van der Waals surface area contributed by atoms with Gasteiger partial charge >= 0.3 is 0 Å². The third-order valence-electron chi connectivity index (χ3n) is 4.56. The number of benzene rings is 1. The van der Waals surface area contributed by atoms with Crippen molar-refractivity contribution < 1.29 is 4.74 Å². The Morgan fingerprint density at radius 2 is 2.00 bits per heavy atom. The second kappa shape index (κ2) is 6.46. The molecule has 2 atom stereocenters. The van der Waals surface area contributed by atoms with Crippen LogP contribution in [-0.2, 0) is 4.74 Å². The SMILES string of the molecule is NCC1CCCC1Nc1ccccc1N1CCOCC1. The van der Waals surface area contributed by atoms with E-state index >= 15 is 0 Å². The molecule has 1 aliphatic heterocycles. The quantitative estimate of drug-likeness (QED) is 0.883. The number of nitrogens with zero attached hydrogens (tertiary/aromatic N) is 1. The van der Waals surface area contributed by atoms with Gasteiger partial charge in [-0.05, 0) is 37.4 Å². The van der Waals surface area contributed by atoms with E-state index in [1.54, 1.807) is 0 Å². The monoisotopic (exact) mass is 275 g/mol. The van der Waals surface area contributed by atoms with E-state index in [-0.39, 0.29) is 0 Å². The fraction of sp³-hybridized carbons (Fsp3) is 0.625. The van der Waals surface area contributed by atoms with E-state index in [9.17, 15) is 0 Å². The van der Waals surface area contributed by atoms with E-state index in [0.29, 0.717) is 12.0 Å². The molecule has 0 radical (unpaired) electrons. The Morgan fingerprint density at radius 1 is 1.20 bits per heavy atom. The third-order valence-corrected chi connectivity index (χ3v) is 4.56. The van der Waals surface area contributed by atoms with Gasteiger partial charge in [-0.3, -0.25) is 0 Å². The lowest BCUT2D eigenvalue weighted by Crippen LogP contribution is -2.37. The normalized spacial score (nSPS) is 26.8. The molecule has 20 heavy (non-hydrogen) atoms. The number of rotatable bonds is 4. The molecule has 2 unspecified atom stereocenters. The van der Waals surface area contributed by atoms with E-state index in [4.69, 9.17) is 10.5 Å². The van der Waals surface area contributed by atoms with Crippen LogP contribution in [0.2, 0.25) is 0 Å². The number of para-hydroxylation sites is 2. The molecule has 0 aromatic heterocycles. The minimum atomic E-state index is 0.530. The molecule has 1 aliphatic carbocycles. The van der Waals surface area contributed by atoms with Gasteiger partial charge in [0.05, 0.1) is 24.6 Å². The topological polar surface area (TPSA) is 50.5 Å². The number of hydrogen-bond donors (Lipinski definition) is 2. The second-order valence-electron chi connectivity index (χ2n) is 5.79. The van der Waals surface area contributed by atoms with Gasteiger partial charge in [0, 0.05) is 19.1 Å². The van der Waals surface area contributed by atoms with E-state index < -0.39 is 0 Å². The summed E-state index contributed by atoms with van der Waals surface area (Å²) in [6.45, 7) is 4.39. The zero-order valence-corrected chi connectivity index (χ0v) is 12.1. The van der Waals surface area contributed by atoms with Gasteiger partial charge in [-0.1, -0.05) is 18.6 Å². The predicted molar refractivity (Wildman–Crippen MR) is 83.3 cm³/mol. The minimum absolute atomic E-state index is 0.530. The largest absolute Gasteiger partial charge is 0.380 e. The van der Waals surface area contributed by atoms with Crippen LogP contribution in [0.4, 0.5) is 11.4 Å². The lowest BCUT2D eigenvalue weighted by atomic mass is 10.0. The third kappa shape index (κ3) is 2.91. The molecule has 0 bridgehead atoms. The zero-order chi connectivity index (χ0) is 13.8. The van der Waals surface area contributed by atoms with Crippen LogP contribution in [0.1, 0.15) is 19.3 Å². The van der Waals surface area contributed by atoms with Gasteiger partial charge < -0.3 is 20.7 Å². The number of nitrogens with one attached hydrogen (secondary N) is 1. The molecule has 4 heteroatoms. The van der Waals surface area contributed by atoms with Crippen molar-refractivity contribution in [2.75, 3.05) is 43.1 Å². The highest BCUT2D eigenvalue weighted by molar-refractivity contribution is 5.70. The Balaban J connectivity index is 1.75. The van der Waals surface area contributed by atoms with Gasteiger partial charge in [0.2, 0.25) is 0 Å². The molecule has 4 nitrogen and oxygen atoms in total. The maximum atomic E-state index is 5.89. The first-order valence-corrected chi connectivity index (χ1v) is 7.77. The van der Waals surface area contributed by atoms with Crippen LogP contribution < -0.4 is 16.0 Å². The highest BCUT2D eigenvalue weighted by Crippen LogP contribution is 2.32. The van der Waals surface area contributed by atoms with Crippen molar-refractivity contribution in [3.05, 3.63) is 24.3 Å². The van der Waals surface area contributed by atoms with Gasteiger partial charge in [0.1, 0.15) is 0 Å². The summed E-state index contributed by atoms with van der Waals surface area (Å²) in [4.78, 5) is 2.41. The van der Waals surface area contributed by atoms with Gasteiger partial charge in [-0.2, -0.15) is 0 Å². The Labute approximate surface area is 121 Å². The zero-order valence-electron chi connectivity index (χ0n) is 12.1. The molecule has 1 saturated heterocycles. The summed E-state index contributed by atoms with van der Waals surface area (Å²) in [5.41, 5.74) is 8.45. The highest BCUT2D eigenvalue weighted by Gasteiger charge is 2.26. The molecular weight excluding hydrogens is 250 g/mol. The van der Waals surface area contributed by atoms with Crippen LogP contribution in [0.3, 0.4) is 0 Å². The van der Waals surface area contributed by atoms with Gasteiger partial charge in [-0.25, -0.2) is 0 Å². The van der Waals surface area contributed by atoms with Crippen LogP contribution in [0.5, 0.6) is 0 Å². The number of ether oxygens (including phenoxy) is 1. The Bertz CT molecular complexity index is 431. The van der Waals surface area contributed by atoms with E-state index in [1.165, 1.54) is 30.6 Å². The maximum Gasteiger partial charge on any atom is 0.0642 e. The smallest absolute Gasteiger partial charge is 0.0642 e. The van der Waals surface area contributed by atoms with Crippen LogP contribution in [0.15, 0.2) is 24.3 Å². The molecule has 2 fully saturated rings. The standard InChI is InChI=1S/C16H25N3O/c17-12-13-4-3-6-14(13)18-15-5-1-2-7-16(15)19-8-10-20-11-9-19/h1-2,5,7,13-14,18H,3-4,6,8-12,17H2. The number of nitrogens with two attached hydrogens (primary N) is 1. The molecule has 1 aromatic carbocycles. The first kappa shape index (κ1) is 13.7. The molecule has 3 rings (SSSR count). The summed E-state index contributed by atoms with van der Waals surface area (Å²) in [5.74, 6) is 0.618. The number of morpholine rings is 1. The van der Waals surface area contributed by atoms with Crippen molar-refractivity contribution in [1.82, 2.24) is 0 Å². The summed E-state index contributed by atoms with van der Waals surface area (Å²) in [7, 11) is 0. The lowest BCUT2D eigenvalue weighted by molar-refractivity contribution is 0.123. The lowest BCUT2D eigenvalue weighted by Gasteiger charge is -2.32. The second-order valence-corrected chi connectivity index (χ2v) is 5.79. The van der Waals surface area contributed by atoms with Crippen molar-refractivity contribution >= 4 is 11.4 Å². The highest BCUT2D eigenvalue weighted by atomic mass is 16.5. The van der Waals surface area contributed by atoms with Gasteiger partial charge in [0.25, 0.3) is 0 Å². The van der Waals surface area contributed by atoms with Crippen molar-refractivity contribution in [2.45, 2.75) is 25.3 Å².